The van der Waals surface area contributed by atoms with Gasteiger partial charge in [0.1, 0.15) is 5.75 Å². The molecule has 112 valence electrons. The van der Waals surface area contributed by atoms with Crippen LogP contribution in [0.5, 0.6) is 5.75 Å². The second kappa shape index (κ2) is 7.90. The summed E-state index contributed by atoms with van der Waals surface area (Å²) in [6.07, 6.45) is 0.898. The Morgan fingerprint density at radius 3 is 2.50 bits per heavy atom. The number of carbonyl (C=O) groups excluding carboxylic acids is 1. The molecule has 0 saturated heterocycles. The third-order valence-corrected chi connectivity index (χ3v) is 3.12. The standard InChI is InChI=1S/C16H25NO3/c1-11(2)8-14(10-19-4)17-16(18)13-6-7-15(20-5)12(3)9-13/h6-7,9,11,14H,8,10H2,1-5H3,(H,17,18). The third-order valence-electron chi connectivity index (χ3n) is 3.12. The molecule has 20 heavy (non-hydrogen) atoms. The first kappa shape index (κ1) is 16.5. The minimum atomic E-state index is -0.0709. The summed E-state index contributed by atoms with van der Waals surface area (Å²) in [6.45, 7) is 6.72. The van der Waals surface area contributed by atoms with Crippen molar-refractivity contribution in [1.29, 1.82) is 0 Å². The maximum absolute atomic E-state index is 12.3. The summed E-state index contributed by atoms with van der Waals surface area (Å²) < 4.78 is 10.4. The first-order valence-electron chi connectivity index (χ1n) is 6.92. The average Bonchev–Trinajstić information content (AvgIpc) is 2.38. The Morgan fingerprint density at radius 2 is 2.00 bits per heavy atom. The second-order valence-corrected chi connectivity index (χ2v) is 5.44. The largest absolute Gasteiger partial charge is 0.496 e. The van der Waals surface area contributed by atoms with E-state index in [2.05, 4.69) is 19.2 Å². The van der Waals surface area contributed by atoms with Crippen molar-refractivity contribution in [2.45, 2.75) is 33.2 Å². The van der Waals surface area contributed by atoms with Crippen LogP contribution in [0, 0.1) is 12.8 Å². The fourth-order valence-electron chi connectivity index (χ4n) is 2.23. The van der Waals surface area contributed by atoms with Crippen molar-refractivity contribution in [2.75, 3.05) is 20.8 Å². The Hall–Kier alpha value is -1.55. The van der Waals surface area contributed by atoms with Gasteiger partial charge >= 0.3 is 0 Å². The highest BCUT2D eigenvalue weighted by Gasteiger charge is 2.15. The molecule has 0 aliphatic carbocycles. The van der Waals surface area contributed by atoms with Gasteiger partial charge in [-0.1, -0.05) is 13.8 Å². The average molecular weight is 279 g/mol. The molecule has 0 aliphatic heterocycles. The molecule has 1 atom stereocenters. The lowest BCUT2D eigenvalue weighted by atomic mass is 10.0. The Labute approximate surface area is 121 Å². The van der Waals surface area contributed by atoms with Gasteiger partial charge in [-0.15, -0.1) is 0 Å². The maximum Gasteiger partial charge on any atom is 0.251 e. The molecule has 4 heteroatoms. The van der Waals surface area contributed by atoms with E-state index < -0.39 is 0 Å². The van der Waals surface area contributed by atoms with Crippen LogP contribution >= 0.6 is 0 Å². The Bertz CT molecular complexity index is 443. The summed E-state index contributed by atoms with van der Waals surface area (Å²) in [5.41, 5.74) is 1.60. The van der Waals surface area contributed by atoms with Crippen LogP contribution in [0.25, 0.3) is 0 Å². The van der Waals surface area contributed by atoms with E-state index >= 15 is 0 Å². The molecule has 1 aromatic carbocycles. The first-order chi connectivity index (χ1) is 9.47. The molecule has 0 heterocycles. The van der Waals surface area contributed by atoms with E-state index in [1.165, 1.54) is 0 Å². The molecule has 1 N–H and O–H groups in total. The van der Waals surface area contributed by atoms with Gasteiger partial charge < -0.3 is 14.8 Å². The SMILES string of the molecule is COCC(CC(C)C)NC(=O)c1ccc(OC)c(C)c1. The highest BCUT2D eigenvalue weighted by atomic mass is 16.5. The number of hydrogen-bond donors (Lipinski definition) is 1. The van der Waals surface area contributed by atoms with Gasteiger partial charge in [0.2, 0.25) is 0 Å². The zero-order chi connectivity index (χ0) is 15.1. The Balaban J connectivity index is 2.75. The van der Waals surface area contributed by atoms with E-state index in [1.54, 1.807) is 20.3 Å². The summed E-state index contributed by atoms with van der Waals surface area (Å²) in [5.74, 6) is 1.23. The highest BCUT2D eigenvalue weighted by molar-refractivity contribution is 5.94. The Kier molecular flexibility index (Phi) is 6.52. The summed E-state index contributed by atoms with van der Waals surface area (Å²) in [6, 6.07) is 5.47. The predicted molar refractivity (Wildman–Crippen MR) is 80.3 cm³/mol. The molecule has 1 rings (SSSR count). The summed E-state index contributed by atoms with van der Waals surface area (Å²) in [7, 11) is 3.27. The van der Waals surface area contributed by atoms with E-state index in [4.69, 9.17) is 9.47 Å². The molecule has 0 fully saturated rings. The van der Waals surface area contributed by atoms with Crippen LogP contribution in [0.3, 0.4) is 0 Å². The molecule has 0 bridgehead atoms. The lowest BCUT2D eigenvalue weighted by molar-refractivity contribution is 0.0884. The van der Waals surface area contributed by atoms with Gasteiger partial charge in [-0.25, -0.2) is 0 Å². The fourth-order valence-corrected chi connectivity index (χ4v) is 2.23. The second-order valence-electron chi connectivity index (χ2n) is 5.44. The number of rotatable bonds is 7. The van der Waals surface area contributed by atoms with Crippen LogP contribution in [0.2, 0.25) is 0 Å². The molecule has 1 aromatic rings. The zero-order valence-corrected chi connectivity index (χ0v) is 13.0. The van der Waals surface area contributed by atoms with E-state index in [0.717, 1.165) is 17.7 Å². The van der Waals surface area contributed by atoms with Crippen molar-refractivity contribution in [3.63, 3.8) is 0 Å². The van der Waals surface area contributed by atoms with Gasteiger partial charge in [0.25, 0.3) is 5.91 Å². The van der Waals surface area contributed by atoms with Crippen LogP contribution < -0.4 is 10.1 Å². The number of aryl methyl sites for hydroxylation is 1. The van der Waals surface area contributed by atoms with Crippen LogP contribution in [-0.2, 0) is 4.74 Å². The predicted octanol–water partition coefficient (Wildman–Crippen LogP) is 2.79. The quantitative estimate of drug-likeness (QED) is 0.835. The molecular weight excluding hydrogens is 254 g/mol. The topological polar surface area (TPSA) is 47.6 Å². The van der Waals surface area contributed by atoms with Gasteiger partial charge in [-0.05, 0) is 43.0 Å². The molecule has 4 nitrogen and oxygen atoms in total. The van der Waals surface area contributed by atoms with Gasteiger partial charge in [0.05, 0.1) is 19.8 Å². The maximum atomic E-state index is 12.3. The molecule has 0 aromatic heterocycles. The van der Waals surface area contributed by atoms with Crippen LogP contribution in [0.1, 0.15) is 36.2 Å². The molecule has 1 amide bonds. The molecular formula is C16H25NO3. The van der Waals surface area contributed by atoms with E-state index in [1.807, 2.05) is 19.1 Å². The smallest absolute Gasteiger partial charge is 0.251 e. The number of ether oxygens (including phenoxy) is 2. The number of hydrogen-bond acceptors (Lipinski definition) is 3. The highest BCUT2D eigenvalue weighted by Crippen LogP contribution is 2.18. The molecule has 0 saturated carbocycles. The van der Waals surface area contributed by atoms with Gasteiger partial charge in [-0.2, -0.15) is 0 Å². The van der Waals surface area contributed by atoms with Crippen molar-refractivity contribution >= 4 is 5.91 Å². The summed E-state index contributed by atoms with van der Waals surface area (Å²) >= 11 is 0. The van der Waals surface area contributed by atoms with Crippen molar-refractivity contribution < 1.29 is 14.3 Å². The molecule has 0 aliphatic rings. The lowest BCUT2D eigenvalue weighted by Crippen LogP contribution is -2.39. The number of methoxy groups -OCH3 is 2. The summed E-state index contributed by atoms with van der Waals surface area (Å²) in [4.78, 5) is 12.3. The van der Waals surface area contributed by atoms with E-state index in [0.29, 0.717) is 18.1 Å². The normalized spacial score (nSPS) is 12.3. The monoisotopic (exact) mass is 279 g/mol. The van der Waals surface area contributed by atoms with Crippen molar-refractivity contribution in [3.05, 3.63) is 29.3 Å². The van der Waals surface area contributed by atoms with Crippen LogP contribution in [0.15, 0.2) is 18.2 Å². The minimum Gasteiger partial charge on any atom is -0.496 e. The summed E-state index contributed by atoms with van der Waals surface area (Å²) in [5, 5.41) is 3.03. The Morgan fingerprint density at radius 1 is 1.30 bits per heavy atom. The minimum absolute atomic E-state index is 0.0370. The number of amides is 1. The first-order valence-corrected chi connectivity index (χ1v) is 6.92. The van der Waals surface area contributed by atoms with Crippen LogP contribution in [0.4, 0.5) is 0 Å². The van der Waals surface area contributed by atoms with Crippen LogP contribution in [-0.4, -0.2) is 32.8 Å². The number of carbonyl (C=O) groups is 1. The van der Waals surface area contributed by atoms with Gasteiger partial charge in [-0.3, -0.25) is 4.79 Å². The van der Waals surface area contributed by atoms with E-state index in [9.17, 15) is 4.79 Å². The zero-order valence-electron chi connectivity index (χ0n) is 13.0. The fraction of sp³-hybridized carbons (Fsp3) is 0.562. The number of benzene rings is 1. The van der Waals surface area contributed by atoms with Gasteiger partial charge in [0, 0.05) is 12.7 Å². The lowest BCUT2D eigenvalue weighted by Gasteiger charge is -2.20. The van der Waals surface area contributed by atoms with Crippen molar-refractivity contribution in [1.82, 2.24) is 5.32 Å². The van der Waals surface area contributed by atoms with Crippen molar-refractivity contribution in [2.24, 2.45) is 5.92 Å². The van der Waals surface area contributed by atoms with E-state index in [-0.39, 0.29) is 11.9 Å². The van der Waals surface area contributed by atoms with Gasteiger partial charge in [0.15, 0.2) is 0 Å². The number of nitrogens with one attached hydrogen (secondary N) is 1. The van der Waals surface area contributed by atoms with Crippen molar-refractivity contribution in [3.8, 4) is 5.75 Å². The molecule has 0 spiro atoms. The molecule has 1 unspecified atom stereocenters. The third kappa shape index (κ3) is 4.85. The molecule has 0 radical (unpaired) electrons.